The van der Waals surface area contributed by atoms with Crippen LogP contribution in [0.4, 0.5) is 0 Å². The molecule has 0 saturated heterocycles. The topological polar surface area (TPSA) is 65.0 Å². The monoisotopic (exact) mass is 372 g/mol. The maximum Gasteiger partial charge on any atom is 0.303 e. The Morgan fingerprint density at radius 2 is 1.63 bits per heavy atom. The molecule has 5 heteroatoms. The maximum absolute atomic E-state index is 10.7. The van der Waals surface area contributed by atoms with Gasteiger partial charge in [0, 0.05) is 6.42 Å². The lowest BCUT2D eigenvalue weighted by Gasteiger charge is -2.19. The van der Waals surface area contributed by atoms with Gasteiger partial charge in [0.2, 0.25) is 0 Å². The van der Waals surface area contributed by atoms with Crippen molar-refractivity contribution in [3.63, 3.8) is 0 Å². The molecule has 146 valence electrons. The first kappa shape index (κ1) is 20.6. The van der Waals surface area contributed by atoms with Gasteiger partial charge in [0.25, 0.3) is 0 Å². The van der Waals surface area contributed by atoms with Crippen LogP contribution in [0.5, 0.6) is 17.2 Å². The lowest BCUT2D eigenvalue weighted by molar-refractivity contribution is -0.136. The van der Waals surface area contributed by atoms with Gasteiger partial charge >= 0.3 is 5.97 Å². The first-order valence-corrected chi connectivity index (χ1v) is 9.04. The van der Waals surface area contributed by atoms with Crippen molar-refractivity contribution in [3.05, 3.63) is 53.6 Å². The van der Waals surface area contributed by atoms with E-state index in [0.29, 0.717) is 31.1 Å². The lowest BCUT2D eigenvalue weighted by atomic mass is 9.87. The van der Waals surface area contributed by atoms with Crippen LogP contribution in [0, 0.1) is 0 Å². The summed E-state index contributed by atoms with van der Waals surface area (Å²) in [5.41, 5.74) is 2.27. The van der Waals surface area contributed by atoms with Crippen LogP contribution in [-0.4, -0.2) is 31.4 Å². The summed E-state index contributed by atoms with van der Waals surface area (Å²) in [6.07, 6.45) is 0.533. The largest absolute Gasteiger partial charge is 0.493 e. The van der Waals surface area contributed by atoms with E-state index in [9.17, 15) is 4.79 Å². The highest BCUT2D eigenvalue weighted by Crippen LogP contribution is 2.29. The van der Waals surface area contributed by atoms with Crippen LogP contribution in [-0.2, 0) is 16.6 Å². The van der Waals surface area contributed by atoms with E-state index in [0.717, 1.165) is 11.3 Å². The molecule has 1 N–H and O–H groups in total. The number of benzene rings is 2. The highest BCUT2D eigenvalue weighted by atomic mass is 16.5. The van der Waals surface area contributed by atoms with Gasteiger partial charge < -0.3 is 19.3 Å². The third kappa shape index (κ3) is 6.51. The van der Waals surface area contributed by atoms with E-state index in [1.165, 1.54) is 5.56 Å². The summed E-state index contributed by atoms with van der Waals surface area (Å²) >= 11 is 0. The molecule has 2 aromatic carbocycles. The fourth-order valence-electron chi connectivity index (χ4n) is 2.60. The third-order valence-electron chi connectivity index (χ3n) is 4.19. The number of hydrogen-bond acceptors (Lipinski definition) is 4. The van der Waals surface area contributed by atoms with Gasteiger partial charge in [-0.3, -0.25) is 4.79 Å². The Labute approximate surface area is 160 Å². The summed E-state index contributed by atoms with van der Waals surface area (Å²) in [7, 11) is 1.58. The molecule has 0 aliphatic rings. The van der Waals surface area contributed by atoms with Gasteiger partial charge in [-0.15, -0.1) is 0 Å². The molecule has 0 bridgehead atoms. The third-order valence-corrected chi connectivity index (χ3v) is 4.19. The van der Waals surface area contributed by atoms with Gasteiger partial charge in [-0.05, 0) is 47.2 Å². The van der Waals surface area contributed by atoms with Crippen LogP contribution in [0.2, 0.25) is 0 Å². The Morgan fingerprint density at radius 1 is 0.963 bits per heavy atom. The van der Waals surface area contributed by atoms with Crippen molar-refractivity contribution < 1.29 is 24.1 Å². The molecule has 0 spiro atoms. The van der Waals surface area contributed by atoms with Crippen LogP contribution in [0.15, 0.2) is 42.5 Å². The molecule has 0 unspecified atom stereocenters. The molecule has 0 atom stereocenters. The molecule has 27 heavy (non-hydrogen) atoms. The summed E-state index contributed by atoms with van der Waals surface area (Å²) in [4.78, 5) is 10.7. The number of aryl methyl sites for hydroxylation is 1. The summed E-state index contributed by atoms with van der Waals surface area (Å²) in [6, 6.07) is 13.5. The summed E-state index contributed by atoms with van der Waals surface area (Å²) < 4.78 is 16.8. The van der Waals surface area contributed by atoms with Crippen molar-refractivity contribution in [2.24, 2.45) is 0 Å². The zero-order valence-corrected chi connectivity index (χ0v) is 16.5. The van der Waals surface area contributed by atoms with Crippen LogP contribution in [0.3, 0.4) is 0 Å². The molecule has 5 nitrogen and oxygen atoms in total. The molecular formula is C22H28O5. The lowest BCUT2D eigenvalue weighted by Crippen LogP contribution is -2.12. The second-order valence-corrected chi connectivity index (χ2v) is 7.35. The summed E-state index contributed by atoms with van der Waals surface area (Å²) in [6.45, 7) is 7.29. The van der Waals surface area contributed by atoms with E-state index < -0.39 is 5.97 Å². The molecule has 2 rings (SSSR count). The van der Waals surface area contributed by atoms with Crippen molar-refractivity contribution in [2.45, 2.75) is 39.0 Å². The van der Waals surface area contributed by atoms with E-state index in [1.54, 1.807) is 13.2 Å². The zero-order valence-electron chi connectivity index (χ0n) is 16.5. The normalized spacial score (nSPS) is 11.1. The number of carboxylic acids is 1. The molecule has 0 aliphatic heterocycles. The van der Waals surface area contributed by atoms with Crippen molar-refractivity contribution >= 4 is 5.97 Å². The number of methoxy groups -OCH3 is 1. The van der Waals surface area contributed by atoms with Gasteiger partial charge in [0.05, 0.1) is 7.11 Å². The highest BCUT2D eigenvalue weighted by Gasteiger charge is 2.13. The van der Waals surface area contributed by atoms with E-state index >= 15 is 0 Å². The summed E-state index contributed by atoms with van der Waals surface area (Å²) in [5.74, 6) is 1.18. The zero-order chi connectivity index (χ0) is 19.9. The number of rotatable bonds is 9. The Kier molecular flexibility index (Phi) is 7.11. The molecule has 2 aromatic rings. The van der Waals surface area contributed by atoms with Crippen molar-refractivity contribution in [2.75, 3.05) is 20.3 Å². The number of aliphatic carboxylic acids is 1. The number of ether oxygens (including phenoxy) is 3. The minimum Gasteiger partial charge on any atom is -0.493 e. The van der Waals surface area contributed by atoms with E-state index in [2.05, 4.69) is 32.9 Å². The van der Waals surface area contributed by atoms with E-state index in [4.69, 9.17) is 19.3 Å². The van der Waals surface area contributed by atoms with Gasteiger partial charge in [-0.2, -0.15) is 0 Å². The van der Waals surface area contributed by atoms with Crippen LogP contribution >= 0.6 is 0 Å². The first-order valence-electron chi connectivity index (χ1n) is 9.04. The van der Waals surface area contributed by atoms with Gasteiger partial charge in [0.1, 0.15) is 19.0 Å². The highest BCUT2D eigenvalue weighted by molar-refractivity contribution is 5.67. The predicted octanol–water partition coefficient (Wildman–Crippen LogP) is 4.47. The minimum absolute atomic E-state index is 0.0828. The molecule has 0 heterocycles. The van der Waals surface area contributed by atoms with Gasteiger partial charge in [0.15, 0.2) is 11.5 Å². The molecule has 0 aromatic heterocycles. The standard InChI is InChI=1S/C22H28O5/c1-22(2,3)17-7-9-18(10-8-17)26-13-14-27-20-15-16(6-12-21(23)24)5-11-19(20)25-4/h5,7-11,15H,6,12-14H2,1-4H3,(H,23,24). The first-order chi connectivity index (χ1) is 12.8. The minimum atomic E-state index is -0.820. The van der Waals surface area contributed by atoms with Gasteiger partial charge in [-0.25, -0.2) is 0 Å². The second-order valence-electron chi connectivity index (χ2n) is 7.35. The molecule has 0 aliphatic carbocycles. The van der Waals surface area contributed by atoms with Gasteiger partial charge in [-0.1, -0.05) is 39.0 Å². The SMILES string of the molecule is COc1ccc(CCC(=O)O)cc1OCCOc1ccc(C(C)(C)C)cc1. The Morgan fingerprint density at radius 3 is 2.22 bits per heavy atom. The molecule has 0 saturated carbocycles. The van der Waals surface area contributed by atoms with Crippen LogP contribution in [0.25, 0.3) is 0 Å². The second kappa shape index (κ2) is 9.31. The number of carbonyl (C=O) groups is 1. The smallest absolute Gasteiger partial charge is 0.303 e. The van der Waals surface area contributed by atoms with Crippen LogP contribution in [0.1, 0.15) is 38.3 Å². The molecule has 0 amide bonds. The fraction of sp³-hybridized carbons (Fsp3) is 0.409. The van der Waals surface area contributed by atoms with Crippen molar-refractivity contribution in [1.29, 1.82) is 0 Å². The average Bonchev–Trinajstić information content (AvgIpc) is 2.63. The van der Waals surface area contributed by atoms with E-state index in [1.807, 2.05) is 24.3 Å². The predicted molar refractivity (Wildman–Crippen MR) is 105 cm³/mol. The van der Waals surface area contributed by atoms with E-state index in [-0.39, 0.29) is 11.8 Å². The Hall–Kier alpha value is -2.69. The van der Waals surface area contributed by atoms with Crippen LogP contribution < -0.4 is 14.2 Å². The molecule has 0 fully saturated rings. The average molecular weight is 372 g/mol. The Bertz CT molecular complexity index is 744. The quantitative estimate of drug-likeness (QED) is 0.658. The molecular weight excluding hydrogens is 344 g/mol. The maximum atomic E-state index is 10.7. The number of hydrogen-bond donors (Lipinski definition) is 1. The fourth-order valence-corrected chi connectivity index (χ4v) is 2.60. The Balaban J connectivity index is 1.88. The van der Waals surface area contributed by atoms with Crippen molar-refractivity contribution in [1.82, 2.24) is 0 Å². The summed E-state index contributed by atoms with van der Waals surface area (Å²) in [5, 5.41) is 8.82. The number of carboxylic acid groups (broad SMARTS) is 1. The molecule has 0 radical (unpaired) electrons. The van der Waals surface area contributed by atoms with Crippen molar-refractivity contribution in [3.8, 4) is 17.2 Å².